The van der Waals surface area contributed by atoms with Crippen molar-refractivity contribution in [1.82, 2.24) is 30.2 Å². The van der Waals surface area contributed by atoms with Gasteiger partial charge in [-0.3, -0.25) is 32.5 Å². The van der Waals surface area contributed by atoms with Gasteiger partial charge >= 0.3 is 23.5 Å². The van der Waals surface area contributed by atoms with E-state index in [2.05, 4.69) is 41.3 Å². The second kappa shape index (κ2) is 26.9. The second-order valence-electron chi connectivity index (χ2n) is 16.5. The van der Waals surface area contributed by atoms with Crippen molar-refractivity contribution >= 4 is 69.1 Å². The van der Waals surface area contributed by atoms with Crippen molar-refractivity contribution in [3.63, 3.8) is 0 Å². The Kier molecular flexibility index (Phi) is 23.6. The molecule has 65 heavy (non-hydrogen) atoms. The Labute approximate surface area is 382 Å². The molecule has 1 saturated heterocycles. The number of phosphoric acid groups is 3. The zero-order chi connectivity index (χ0) is 48.4. The molecule has 10 N–H and O–H groups in total. The average molecular weight is 1010 g/mol. The first-order valence-electron chi connectivity index (χ1n) is 21.5. The zero-order valence-electron chi connectivity index (χ0n) is 37.1. The minimum Gasteiger partial charge on any atom is -0.386 e. The second-order valence-corrected chi connectivity index (χ2v) is 21.8. The highest BCUT2D eigenvalue weighted by atomic mass is 32.2. The lowest BCUT2D eigenvalue weighted by atomic mass is 9.87. The Balaban J connectivity index is 1.35. The average Bonchev–Trinajstić information content (AvgIpc) is 3.79. The minimum atomic E-state index is -5.57. The van der Waals surface area contributed by atoms with Gasteiger partial charge in [0.15, 0.2) is 22.8 Å². The number of aliphatic hydroxyl groups is 2. The van der Waals surface area contributed by atoms with Crippen LogP contribution >= 0.6 is 35.2 Å². The van der Waals surface area contributed by atoms with Crippen LogP contribution in [0.2, 0.25) is 0 Å². The molecule has 0 aromatic carbocycles. The fourth-order valence-electron chi connectivity index (χ4n) is 6.66. The molecule has 3 heterocycles. The number of nitrogen functional groups attached to an aromatic ring is 1. The number of aliphatic hydroxyl groups excluding tert-OH is 2. The largest absolute Gasteiger partial charge is 0.481 e. The first-order valence-corrected chi connectivity index (χ1v) is 27.0. The minimum absolute atomic E-state index is 0.0334. The standard InChI is InChI=1S/C37H66N7O17P3S/c1-5-6-7-8-9-10-11-12-13-14-15-16-25(2)36(49)65-20-19-39-27(45)17-18-40-34(48)31(47)37(3,4)22-58-64(55,56)61-63(53,54)57-21-26-30(60-62(50,51)52)29(46)35(59-26)44-24-43-28-32(38)41-23-42-33(28)44/h23-26,29-31,35,46-47H,5-22H2,1-4H3,(H,39,45)(H,40,48)(H,53,54)(H,55,56)(H2,38,41,42)(H2,50,51,52)/t25-,26-,29-,30-,31+,35-/m1/s1. The molecular weight excluding hydrogens is 939 g/mol. The number of nitrogens with two attached hydrogens (primary N) is 1. The van der Waals surface area contributed by atoms with Gasteiger partial charge in [0.25, 0.3) is 0 Å². The van der Waals surface area contributed by atoms with Crippen LogP contribution in [0.25, 0.3) is 11.2 Å². The van der Waals surface area contributed by atoms with Crippen molar-refractivity contribution in [2.24, 2.45) is 11.3 Å². The van der Waals surface area contributed by atoms with Crippen LogP contribution in [0.4, 0.5) is 5.82 Å². The summed E-state index contributed by atoms with van der Waals surface area (Å²) in [4.78, 5) is 88.7. The lowest BCUT2D eigenvalue weighted by Crippen LogP contribution is -2.46. The fourth-order valence-corrected chi connectivity index (χ4v) is 10.3. The molecule has 0 spiro atoms. The molecule has 2 aromatic heterocycles. The van der Waals surface area contributed by atoms with Crippen LogP contribution in [0.5, 0.6) is 0 Å². The van der Waals surface area contributed by atoms with Gasteiger partial charge in [-0.15, -0.1) is 0 Å². The number of carbonyl (C=O) groups excluding carboxylic acids is 3. The molecule has 1 aliphatic heterocycles. The number of hydrogen-bond donors (Lipinski definition) is 9. The summed E-state index contributed by atoms with van der Waals surface area (Å²) in [6, 6.07) is 0. The van der Waals surface area contributed by atoms with Crippen LogP contribution in [0.15, 0.2) is 12.7 Å². The lowest BCUT2D eigenvalue weighted by molar-refractivity contribution is -0.137. The summed E-state index contributed by atoms with van der Waals surface area (Å²) in [5, 5.41) is 26.7. The molecule has 0 aliphatic carbocycles. The van der Waals surface area contributed by atoms with Crippen molar-refractivity contribution in [3.05, 3.63) is 12.7 Å². The zero-order valence-corrected chi connectivity index (χ0v) is 40.6. The Morgan fingerprint density at radius 1 is 0.923 bits per heavy atom. The molecule has 1 fully saturated rings. The number of rotatable bonds is 32. The maximum atomic E-state index is 12.7. The van der Waals surface area contributed by atoms with Gasteiger partial charge in [0, 0.05) is 36.6 Å². The SMILES string of the molecule is CCCCCCCCCCCCC[C@@H](C)C(=O)SCCNC(=O)CCNC(=O)[C@H](O)C(C)(C)COP(=O)(O)OP(=O)(O)OC[C@H]1O[C@@H](n2cnc3c(N)ncnc32)[C@H](O)[C@@H]1OP(=O)(O)O. The van der Waals surface area contributed by atoms with Gasteiger partial charge in [0.1, 0.15) is 36.3 Å². The van der Waals surface area contributed by atoms with Crippen molar-refractivity contribution in [3.8, 4) is 0 Å². The molecule has 2 aromatic rings. The van der Waals surface area contributed by atoms with Crippen molar-refractivity contribution in [2.75, 3.05) is 37.8 Å². The van der Waals surface area contributed by atoms with Gasteiger partial charge in [-0.1, -0.05) is 110 Å². The van der Waals surface area contributed by atoms with Gasteiger partial charge in [0.2, 0.25) is 11.8 Å². The van der Waals surface area contributed by atoms with E-state index in [0.717, 1.165) is 48.2 Å². The van der Waals surface area contributed by atoms with E-state index in [1.807, 2.05) is 6.92 Å². The quantitative estimate of drug-likeness (QED) is 0.0369. The predicted molar refractivity (Wildman–Crippen MR) is 237 cm³/mol. The molecule has 1 aliphatic rings. The van der Waals surface area contributed by atoms with E-state index in [9.17, 15) is 57.9 Å². The summed E-state index contributed by atoms with van der Waals surface area (Å²) in [7, 11) is -16.4. The number of thioether (sulfide) groups is 1. The van der Waals surface area contributed by atoms with Gasteiger partial charge in [-0.05, 0) is 6.42 Å². The summed E-state index contributed by atoms with van der Waals surface area (Å²) in [5.74, 6) is -1.11. The number of unbranched alkanes of at least 4 members (excludes halogenated alkanes) is 10. The summed E-state index contributed by atoms with van der Waals surface area (Å²) in [6.45, 7) is 4.71. The number of carbonyl (C=O) groups is 3. The smallest absolute Gasteiger partial charge is 0.386 e. The maximum Gasteiger partial charge on any atom is 0.481 e. The molecular formula is C37H66N7O17P3S. The first kappa shape index (κ1) is 56.9. The van der Waals surface area contributed by atoms with E-state index < -0.39 is 84.6 Å². The van der Waals surface area contributed by atoms with Crippen LogP contribution in [0.1, 0.15) is 117 Å². The Morgan fingerprint density at radius 3 is 2.17 bits per heavy atom. The number of nitrogens with one attached hydrogen (secondary N) is 2. The molecule has 28 heteroatoms. The normalized spacial score (nSPS) is 20.8. The molecule has 0 radical (unpaired) electrons. The van der Waals surface area contributed by atoms with Crippen LogP contribution < -0.4 is 16.4 Å². The molecule has 3 rings (SSSR count). The maximum absolute atomic E-state index is 12.7. The number of phosphoric ester groups is 3. The number of ether oxygens (including phenoxy) is 1. The van der Waals surface area contributed by atoms with E-state index >= 15 is 0 Å². The van der Waals surface area contributed by atoms with Gasteiger partial charge in [-0.25, -0.2) is 28.6 Å². The van der Waals surface area contributed by atoms with Gasteiger partial charge in [0.05, 0.1) is 19.5 Å². The number of anilines is 1. The first-order chi connectivity index (χ1) is 30.5. The van der Waals surface area contributed by atoms with E-state index in [1.165, 1.54) is 71.6 Å². The fraction of sp³-hybridized carbons (Fsp3) is 0.784. The van der Waals surface area contributed by atoms with E-state index in [1.54, 1.807) is 0 Å². The number of hydrogen-bond acceptors (Lipinski definition) is 18. The third-order valence-corrected chi connectivity index (χ3v) is 14.6. The summed E-state index contributed by atoms with van der Waals surface area (Å²) in [5.41, 5.74) is 4.29. The molecule has 0 saturated carbocycles. The van der Waals surface area contributed by atoms with Crippen molar-refractivity contribution < 1.29 is 80.5 Å². The van der Waals surface area contributed by atoms with Crippen LogP contribution in [-0.4, -0.2) is 123 Å². The predicted octanol–water partition coefficient (Wildman–Crippen LogP) is 4.00. The van der Waals surface area contributed by atoms with Crippen LogP contribution in [-0.2, 0) is 50.7 Å². The van der Waals surface area contributed by atoms with E-state index in [-0.39, 0.29) is 47.5 Å². The third-order valence-electron chi connectivity index (χ3n) is 10.4. The van der Waals surface area contributed by atoms with Crippen molar-refractivity contribution in [2.45, 2.75) is 142 Å². The molecule has 2 amide bonds. The highest BCUT2D eigenvalue weighted by Crippen LogP contribution is 2.61. The number of aromatic nitrogens is 4. The number of nitrogens with zero attached hydrogens (tertiary/aromatic N) is 4. The Hall–Kier alpha value is -2.44. The molecule has 24 nitrogen and oxygen atoms in total. The highest BCUT2D eigenvalue weighted by Gasteiger charge is 2.50. The van der Waals surface area contributed by atoms with E-state index in [0.29, 0.717) is 5.75 Å². The third kappa shape index (κ3) is 20.0. The van der Waals surface area contributed by atoms with Crippen molar-refractivity contribution in [1.29, 1.82) is 0 Å². The van der Waals surface area contributed by atoms with Gasteiger partial charge < -0.3 is 50.9 Å². The summed E-state index contributed by atoms with van der Waals surface area (Å²) >= 11 is 1.16. The summed E-state index contributed by atoms with van der Waals surface area (Å²) < 4.78 is 62.4. The monoisotopic (exact) mass is 1010 g/mol. The highest BCUT2D eigenvalue weighted by molar-refractivity contribution is 8.13. The van der Waals surface area contributed by atoms with E-state index in [4.69, 9.17) is 19.5 Å². The number of amides is 2. The lowest BCUT2D eigenvalue weighted by Gasteiger charge is -2.30. The topological polar surface area (TPSA) is 364 Å². The molecule has 8 atom stereocenters. The summed E-state index contributed by atoms with van der Waals surface area (Å²) in [6.07, 6.45) is 7.57. The van der Waals surface area contributed by atoms with Crippen LogP contribution in [0.3, 0.4) is 0 Å². The Bertz CT molecular complexity index is 1980. The molecule has 0 bridgehead atoms. The molecule has 2 unspecified atom stereocenters. The number of imidazole rings is 1. The van der Waals surface area contributed by atoms with Gasteiger partial charge in [-0.2, -0.15) is 4.31 Å². The number of fused-ring (bicyclic) bond motifs is 1. The van der Waals surface area contributed by atoms with Crippen LogP contribution in [0, 0.1) is 11.3 Å². The Morgan fingerprint density at radius 2 is 1.54 bits per heavy atom. The molecule has 372 valence electrons.